The number of amides is 2. The summed E-state index contributed by atoms with van der Waals surface area (Å²) in [6.07, 6.45) is 2.21. The van der Waals surface area contributed by atoms with Gasteiger partial charge >= 0.3 is 12.0 Å². The fourth-order valence-corrected chi connectivity index (χ4v) is 3.36. The van der Waals surface area contributed by atoms with Crippen molar-refractivity contribution in [2.24, 2.45) is 18.9 Å². The molecule has 2 heterocycles. The van der Waals surface area contributed by atoms with Crippen LogP contribution < -0.4 is 5.32 Å². The Kier molecular flexibility index (Phi) is 4.74. The summed E-state index contributed by atoms with van der Waals surface area (Å²) in [7, 11) is 1.82. The van der Waals surface area contributed by atoms with E-state index >= 15 is 0 Å². The number of hydrogen-bond donors (Lipinski definition) is 2. The van der Waals surface area contributed by atoms with Gasteiger partial charge in [0.1, 0.15) is 0 Å². The van der Waals surface area contributed by atoms with E-state index in [1.54, 1.807) is 15.8 Å². The number of urea groups is 1. The zero-order valence-corrected chi connectivity index (χ0v) is 14.3. The Morgan fingerprint density at radius 1 is 1.24 bits per heavy atom. The van der Waals surface area contributed by atoms with Crippen molar-refractivity contribution in [3.63, 3.8) is 0 Å². The highest BCUT2D eigenvalue weighted by atomic mass is 16.4. The zero-order chi connectivity index (χ0) is 18.0. The summed E-state index contributed by atoms with van der Waals surface area (Å²) in [6.45, 7) is 2.75. The summed E-state index contributed by atoms with van der Waals surface area (Å²) in [5.41, 5.74) is 2.38. The molecule has 2 aromatic rings. The Bertz CT molecular complexity index is 772. The lowest BCUT2D eigenvalue weighted by Gasteiger charge is -2.34. The summed E-state index contributed by atoms with van der Waals surface area (Å²) in [5.74, 6) is -1.21. The van der Waals surface area contributed by atoms with Crippen molar-refractivity contribution in [3.05, 3.63) is 36.5 Å². The van der Waals surface area contributed by atoms with Crippen molar-refractivity contribution in [2.45, 2.75) is 13.3 Å². The van der Waals surface area contributed by atoms with Crippen molar-refractivity contribution in [2.75, 3.05) is 18.4 Å². The Hall–Kier alpha value is -2.83. The molecule has 1 aromatic heterocycles. The van der Waals surface area contributed by atoms with Gasteiger partial charge in [-0.1, -0.05) is 37.3 Å². The van der Waals surface area contributed by atoms with Gasteiger partial charge in [0.15, 0.2) is 0 Å². The average molecular weight is 342 g/mol. The van der Waals surface area contributed by atoms with Crippen molar-refractivity contribution in [1.82, 2.24) is 14.7 Å². The van der Waals surface area contributed by atoms with E-state index in [1.807, 2.05) is 44.3 Å². The molecule has 1 aromatic carbocycles. The lowest BCUT2D eigenvalue weighted by molar-refractivity contribution is -0.143. The average Bonchev–Trinajstić information content (AvgIpc) is 2.95. The third-order valence-corrected chi connectivity index (χ3v) is 4.52. The van der Waals surface area contributed by atoms with Crippen LogP contribution >= 0.6 is 0 Å². The number of aryl methyl sites for hydroxylation is 1. The first kappa shape index (κ1) is 17.0. The number of hydrogen-bond acceptors (Lipinski definition) is 3. The predicted molar refractivity (Wildman–Crippen MR) is 94.1 cm³/mol. The van der Waals surface area contributed by atoms with Crippen LogP contribution in [-0.4, -0.2) is 44.9 Å². The molecule has 25 heavy (non-hydrogen) atoms. The number of piperidine rings is 1. The number of carbonyl (C=O) groups is 2. The third-order valence-electron chi connectivity index (χ3n) is 4.52. The van der Waals surface area contributed by atoms with Crippen molar-refractivity contribution in [3.8, 4) is 11.3 Å². The minimum absolute atomic E-state index is 0.156. The monoisotopic (exact) mass is 342 g/mol. The molecule has 1 aliphatic rings. The van der Waals surface area contributed by atoms with Crippen molar-refractivity contribution in [1.29, 1.82) is 0 Å². The Morgan fingerprint density at radius 3 is 2.64 bits per heavy atom. The minimum atomic E-state index is -0.851. The number of aliphatic carboxylic acids is 1. The van der Waals surface area contributed by atoms with Gasteiger partial charge in [0.05, 0.1) is 23.5 Å². The number of nitrogens with one attached hydrogen (secondary N) is 1. The van der Waals surface area contributed by atoms with Gasteiger partial charge in [-0.2, -0.15) is 5.10 Å². The van der Waals surface area contributed by atoms with Gasteiger partial charge in [0.25, 0.3) is 0 Å². The number of carboxylic acids is 1. The van der Waals surface area contributed by atoms with Crippen LogP contribution in [0, 0.1) is 11.8 Å². The summed E-state index contributed by atoms with van der Waals surface area (Å²) in [6, 6.07) is 9.41. The summed E-state index contributed by atoms with van der Waals surface area (Å²) < 4.78 is 1.71. The van der Waals surface area contributed by atoms with Gasteiger partial charge < -0.3 is 15.3 Å². The van der Waals surface area contributed by atoms with E-state index in [0.717, 1.165) is 11.3 Å². The quantitative estimate of drug-likeness (QED) is 0.898. The number of carbonyl (C=O) groups excluding carboxylic acids is 1. The highest BCUT2D eigenvalue weighted by Gasteiger charge is 2.32. The molecular formula is C18H22N4O3. The van der Waals surface area contributed by atoms with E-state index < -0.39 is 11.9 Å². The second-order valence-electron chi connectivity index (χ2n) is 6.61. The number of rotatable bonds is 3. The second kappa shape index (κ2) is 6.96. The molecule has 0 spiro atoms. The SMILES string of the molecule is CC1CC(C(=O)O)CN(C(=O)Nc2cnn(C)c2-c2ccccc2)C1. The van der Waals surface area contributed by atoms with E-state index in [-0.39, 0.29) is 18.5 Å². The second-order valence-corrected chi connectivity index (χ2v) is 6.61. The number of likely N-dealkylation sites (tertiary alicyclic amines) is 1. The minimum Gasteiger partial charge on any atom is -0.481 e. The topological polar surface area (TPSA) is 87.5 Å². The van der Waals surface area contributed by atoms with Gasteiger partial charge in [-0.05, 0) is 12.3 Å². The molecule has 2 atom stereocenters. The predicted octanol–water partition coefficient (Wildman–Crippen LogP) is 2.66. The van der Waals surface area contributed by atoms with Crippen LogP contribution in [0.1, 0.15) is 13.3 Å². The zero-order valence-electron chi connectivity index (χ0n) is 14.3. The third kappa shape index (κ3) is 3.65. The van der Waals surface area contributed by atoms with Crippen LogP contribution in [0.15, 0.2) is 36.5 Å². The van der Waals surface area contributed by atoms with Gasteiger partial charge in [0.2, 0.25) is 0 Å². The van der Waals surface area contributed by atoms with Crippen molar-refractivity contribution < 1.29 is 14.7 Å². The molecule has 7 heteroatoms. The van der Waals surface area contributed by atoms with E-state index in [2.05, 4.69) is 10.4 Å². The molecule has 2 amide bonds. The highest BCUT2D eigenvalue weighted by molar-refractivity contribution is 5.93. The van der Waals surface area contributed by atoms with Crippen LogP contribution in [0.5, 0.6) is 0 Å². The molecule has 0 radical (unpaired) electrons. The molecule has 0 saturated carbocycles. The number of anilines is 1. The van der Waals surface area contributed by atoms with Gasteiger partial charge in [-0.3, -0.25) is 9.48 Å². The first-order valence-corrected chi connectivity index (χ1v) is 8.32. The van der Waals surface area contributed by atoms with Gasteiger partial charge in [0, 0.05) is 25.7 Å². The molecule has 1 saturated heterocycles. The fraction of sp³-hybridized carbons (Fsp3) is 0.389. The number of nitrogens with zero attached hydrogens (tertiary/aromatic N) is 3. The maximum atomic E-state index is 12.7. The fourth-order valence-electron chi connectivity index (χ4n) is 3.36. The normalized spacial score (nSPS) is 20.3. The lowest BCUT2D eigenvalue weighted by Crippen LogP contribution is -2.47. The molecule has 2 unspecified atom stereocenters. The van der Waals surface area contributed by atoms with Gasteiger partial charge in [-0.25, -0.2) is 4.79 Å². The largest absolute Gasteiger partial charge is 0.481 e. The first-order chi connectivity index (χ1) is 12.0. The Labute approximate surface area is 146 Å². The standard InChI is InChI=1S/C18H22N4O3/c1-12-8-14(17(23)24)11-22(10-12)18(25)20-15-9-19-21(2)16(15)13-6-4-3-5-7-13/h3-7,9,12,14H,8,10-11H2,1-2H3,(H,20,25)(H,23,24). The molecule has 0 aliphatic carbocycles. The molecule has 1 fully saturated rings. The molecule has 1 aliphatic heterocycles. The van der Waals surface area contributed by atoms with E-state index in [9.17, 15) is 14.7 Å². The van der Waals surface area contributed by atoms with E-state index in [0.29, 0.717) is 18.7 Å². The molecule has 2 N–H and O–H groups in total. The molecule has 7 nitrogen and oxygen atoms in total. The summed E-state index contributed by atoms with van der Waals surface area (Å²) in [5, 5.41) is 16.4. The van der Waals surface area contributed by atoms with Crippen LogP contribution in [0.4, 0.5) is 10.5 Å². The number of aromatic nitrogens is 2. The molecule has 132 valence electrons. The summed E-state index contributed by atoms with van der Waals surface area (Å²) in [4.78, 5) is 25.5. The van der Waals surface area contributed by atoms with Crippen LogP contribution in [0.2, 0.25) is 0 Å². The maximum Gasteiger partial charge on any atom is 0.321 e. The smallest absolute Gasteiger partial charge is 0.321 e. The molecular weight excluding hydrogens is 320 g/mol. The number of benzene rings is 1. The van der Waals surface area contributed by atoms with Crippen LogP contribution in [0.25, 0.3) is 11.3 Å². The van der Waals surface area contributed by atoms with Crippen LogP contribution in [0.3, 0.4) is 0 Å². The first-order valence-electron chi connectivity index (χ1n) is 8.32. The Balaban J connectivity index is 1.79. The highest BCUT2D eigenvalue weighted by Crippen LogP contribution is 2.28. The van der Waals surface area contributed by atoms with Crippen LogP contribution in [-0.2, 0) is 11.8 Å². The molecule has 0 bridgehead atoms. The van der Waals surface area contributed by atoms with Gasteiger partial charge in [-0.15, -0.1) is 0 Å². The van der Waals surface area contributed by atoms with E-state index in [4.69, 9.17) is 0 Å². The number of carboxylic acid groups (broad SMARTS) is 1. The lowest BCUT2D eigenvalue weighted by atomic mass is 9.91. The summed E-state index contributed by atoms with van der Waals surface area (Å²) >= 11 is 0. The Morgan fingerprint density at radius 2 is 1.96 bits per heavy atom. The van der Waals surface area contributed by atoms with Crippen molar-refractivity contribution >= 4 is 17.7 Å². The molecule has 3 rings (SSSR count). The maximum absolute atomic E-state index is 12.7. The van der Waals surface area contributed by atoms with E-state index in [1.165, 1.54) is 0 Å².